The molecule has 0 aromatic carbocycles. The van der Waals surface area contributed by atoms with E-state index >= 15 is 0 Å². The first-order valence-corrected chi connectivity index (χ1v) is 8.94. The van der Waals surface area contributed by atoms with Gasteiger partial charge in [-0.1, -0.05) is 27.7 Å². The Kier molecular flexibility index (Phi) is 8.84. The molecular weight excluding hydrogens is 262 g/mol. The smallest absolute Gasteiger partial charge is 0.0707 e. The molecule has 1 saturated carbocycles. The van der Waals surface area contributed by atoms with Gasteiger partial charge in [-0.2, -0.15) is 0 Å². The molecule has 3 heteroatoms. The van der Waals surface area contributed by atoms with E-state index in [4.69, 9.17) is 9.47 Å². The van der Waals surface area contributed by atoms with Crippen LogP contribution in [0.3, 0.4) is 0 Å². The summed E-state index contributed by atoms with van der Waals surface area (Å²) in [5.74, 6) is 1.71. The minimum atomic E-state index is 0.0909. The number of ether oxygens (including phenoxy) is 2. The topological polar surface area (TPSA) is 21.7 Å². The Morgan fingerprint density at radius 1 is 1.05 bits per heavy atom. The molecule has 0 heterocycles. The molecule has 0 bridgehead atoms. The third kappa shape index (κ3) is 7.12. The summed E-state index contributed by atoms with van der Waals surface area (Å²) >= 11 is 0. The van der Waals surface area contributed by atoms with Crippen molar-refractivity contribution in [2.45, 2.75) is 65.9 Å². The molecule has 0 aromatic heterocycles. The van der Waals surface area contributed by atoms with E-state index in [0.717, 1.165) is 51.3 Å². The van der Waals surface area contributed by atoms with Crippen molar-refractivity contribution in [2.75, 3.05) is 39.5 Å². The second-order valence-corrected chi connectivity index (χ2v) is 7.02. The number of likely N-dealkylation sites (N-methyl/N-ethyl adjacent to an activating group) is 1. The monoisotopic (exact) mass is 299 g/mol. The third-order valence-electron chi connectivity index (χ3n) is 5.16. The van der Waals surface area contributed by atoms with Crippen molar-refractivity contribution in [3.63, 3.8) is 0 Å². The van der Waals surface area contributed by atoms with Crippen LogP contribution in [0.25, 0.3) is 0 Å². The SMILES string of the molecule is CCN(CC)CCOCCOC1(C)CCC(C(C)C)CC1. The lowest BCUT2D eigenvalue weighted by molar-refractivity contribution is -0.0858. The fourth-order valence-electron chi connectivity index (χ4n) is 3.24. The first kappa shape index (κ1) is 18.9. The minimum absolute atomic E-state index is 0.0909. The third-order valence-corrected chi connectivity index (χ3v) is 5.16. The number of rotatable bonds is 10. The van der Waals surface area contributed by atoms with Gasteiger partial charge in [-0.3, -0.25) is 0 Å². The second-order valence-electron chi connectivity index (χ2n) is 7.02. The van der Waals surface area contributed by atoms with E-state index in [1.165, 1.54) is 25.7 Å². The molecule has 0 atom stereocenters. The van der Waals surface area contributed by atoms with Gasteiger partial charge in [-0.15, -0.1) is 0 Å². The van der Waals surface area contributed by atoms with Gasteiger partial charge in [0.15, 0.2) is 0 Å². The molecule has 0 aromatic rings. The van der Waals surface area contributed by atoms with Gasteiger partial charge in [0, 0.05) is 6.54 Å². The van der Waals surface area contributed by atoms with Crippen molar-refractivity contribution < 1.29 is 9.47 Å². The van der Waals surface area contributed by atoms with Crippen molar-refractivity contribution in [3.8, 4) is 0 Å². The molecule has 0 aliphatic heterocycles. The van der Waals surface area contributed by atoms with Crippen LogP contribution in [-0.2, 0) is 9.47 Å². The zero-order valence-electron chi connectivity index (χ0n) is 15.0. The van der Waals surface area contributed by atoms with Gasteiger partial charge < -0.3 is 14.4 Å². The predicted octanol–water partition coefficient (Wildman–Crippen LogP) is 3.97. The standard InChI is InChI=1S/C18H37NO2/c1-6-19(7-2)12-13-20-14-15-21-18(5)10-8-17(9-11-18)16(3)4/h16-17H,6-15H2,1-5H3. The molecule has 0 saturated heterocycles. The zero-order chi connectivity index (χ0) is 15.7. The predicted molar refractivity (Wildman–Crippen MR) is 89.8 cm³/mol. The highest BCUT2D eigenvalue weighted by atomic mass is 16.5. The van der Waals surface area contributed by atoms with Gasteiger partial charge in [0.25, 0.3) is 0 Å². The maximum absolute atomic E-state index is 6.12. The lowest BCUT2D eigenvalue weighted by Crippen LogP contribution is -2.36. The molecule has 3 nitrogen and oxygen atoms in total. The van der Waals surface area contributed by atoms with Crippen LogP contribution in [0.5, 0.6) is 0 Å². The first-order valence-electron chi connectivity index (χ1n) is 8.94. The van der Waals surface area contributed by atoms with Crippen molar-refractivity contribution in [1.82, 2.24) is 4.90 Å². The molecule has 0 amide bonds. The van der Waals surface area contributed by atoms with Gasteiger partial charge >= 0.3 is 0 Å². The van der Waals surface area contributed by atoms with Crippen LogP contribution in [0.1, 0.15) is 60.3 Å². The van der Waals surface area contributed by atoms with Crippen molar-refractivity contribution in [2.24, 2.45) is 11.8 Å². The van der Waals surface area contributed by atoms with E-state index in [0.29, 0.717) is 0 Å². The van der Waals surface area contributed by atoms with Gasteiger partial charge in [0.2, 0.25) is 0 Å². The molecule has 0 unspecified atom stereocenters. The Balaban J connectivity index is 2.07. The summed E-state index contributed by atoms with van der Waals surface area (Å²) in [5.41, 5.74) is 0.0909. The summed E-state index contributed by atoms with van der Waals surface area (Å²) in [6.45, 7) is 16.9. The number of nitrogens with zero attached hydrogens (tertiary/aromatic N) is 1. The molecular formula is C18H37NO2. The summed E-state index contributed by atoms with van der Waals surface area (Å²) in [4.78, 5) is 2.38. The molecule has 1 rings (SSSR count). The van der Waals surface area contributed by atoms with E-state index in [-0.39, 0.29) is 5.60 Å². The van der Waals surface area contributed by atoms with Crippen LogP contribution >= 0.6 is 0 Å². The first-order chi connectivity index (χ1) is 10.0. The molecule has 1 fully saturated rings. The summed E-state index contributed by atoms with van der Waals surface area (Å²) in [7, 11) is 0. The molecule has 1 aliphatic rings. The van der Waals surface area contributed by atoms with Crippen LogP contribution in [0.15, 0.2) is 0 Å². The van der Waals surface area contributed by atoms with Crippen LogP contribution in [0, 0.1) is 11.8 Å². The number of hydrogen-bond acceptors (Lipinski definition) is 3. The van der Waals surface area contributed by atoms with E-state index in [1.54, 1.807) is 0 Å². The molecule has 0 spiro atoms. The summed E-state index contributed by atoms with van der Waals surface area (Å²) < 4.78 is 11.8. The van der Waals surface area contributed by atoms with Crippen LogP contribution in [-0.4, -0.2) is 50.0 Å². The molecule has 0 radical (unpaired) electrons. The number of hydrogen-bond donors (Lipinski definition) is 0. The normalized spacial score (nSPS) is 26.7. The highest BCUT2D eigenvalue weighted by Crippen LogP contribution is 2.37. The second kappa shape index (κ2) is 9.81. The lowest BCUT2D eigenvalue weighted by Gasteiger charge is -2.38. The molecule has 21 heavy (non-hydrogen) atoms. The fourth-order valence-corrected chi connectivity index (χ4v) is 3.24. The fraction of sp³-hybridized carbons (Fsp3) is 1.00. The van der Waals surface area contributed by atoms with Crippen LogP contribution < -0.4 is 0 Å². The lowest BCUT2D eigenvalue weighted by atomic mass is 9.75. The largest absolute Gasteiger partial charge is 0.378 e. The van der Waals surface area contributed by atoms with Gasteiger partial charge in [0.05, 0.1) is 25.4 Å². The summed E-state index contributed by atoms with van der Waals surface area (Å²) in [6, 6.07) is 0. The zero-order valence-corrected chi connectivity index (χ0v) is 15.0. The van der Waals surface area contributed by atoms with Crippen molar-refractivity contribution in [3.05, 3.63) is 0 Å². The van der Waals surface area contributed by atoms with Gasteiger partial charge in [0.1, 0.15) is 0 Å². The molecule has 126 valence electrons. The summed E-state index contributed by atoms with van der Waals surface area (Å²) in [5, 5.41) is 0. The average molecular weight is 299 g/mol. The van der Waals surface area contributed by atoms with E-state index in [1.807, 2.05) is 0 Å². The van der Waals surface area contributed by atoms with Crippen molar-refractivity contribution in [1.29, 1.82) is 0 Å². The quantitative estimate of drug-likeness (QED) is 0.570. The molecule has 0 N–H and O–H groups in total. The van der Waals surface area contributed by atoms with E-state index < -0.39 is 0 Å². The Morgan fingerprint density at radius 3 is 2.19 bits per heavy atom. The van der Waals surface area contributed by atoms with E-state index in [2.05, 4.69) is 39.5 Å². The van der Waals surface area contributed by atoms with Crippen LogP contribution in [0.2, 0.25) is 0 Å². The Bertz CT molecular complexity index is 256. The average Bonchev–Trinajstić information content (AvgIpc) is 2.47. The Hall–Kier alpha value is -0.120. The Morgan fingerprint density at radius 2 is 1.67 bits per heavy atom. The Labute approximate surface area is 132 Å². The van der Waals surface area contributed by atoms with Crippen LogP contribution in [0.4, 0.5) is 0 Å². The van der Waals surface area contributed by atoms with Gasteiger partial charge in [-0.05, 0) is 57.5 Å². The maximum atomic E-state index is 6.12. The van der Waals surface area contributed by atoms with Gasteiger partial charge in [-0.25, -0.2) is 0 Å². The molecule has 1 aliphatic carbocycles. The highest BCUT2D eigenvalue weighted by molar-refractivity contribution is 4.84. The minimum Gasteiger partial charge on any atom is -0.378 e. The highest BCUT2D eigenvalue weighted by Gasteiger charge is 2.32. The van der Waals surface area contributed by atoms with Crippen molar-refractivity contribution >= 4 is 0 Å². The maximum Gasteiger partial charge on any atom is 0.0707 e. The van der Waals surface area contributed by atoms with E-state index in [9.17, 15) is 0 Å². The summed E-state index contributed by atoms with van der Waals surface area (Å²) in [6.07, 6.45) is 5.04.